The summed E-state index contributed by atoms with van der Waals surface area (Å²) < 4.78 is 1.55. The van der Waals surface area contributed by atoms with Crippen molar-refractivity contribution in [3.63, 3.8) is 0 Å². The van der Waals surface area contributed by atoms with E-state index in [1.807, 2.05) is 30.3 Å². The van der Waals surface area contributed by atoms with Crippen LogP contribution in [0.15, 0.2) is 75.5 Å². The molecule has 3 heterocycles. The number of nitrogens with two attached hydrogens (primary N) is 1. The average Bonchev–Trinajstić information content (AvgIpc) is 3.58. The number of amides is 1. The minimum Gasteiger partial charge on any atom is -0.384 e. The molecule has 1 unspecified atom stereocenters. The smallest absolute Gasteiger partial charge is 0.236 e. The topological polar surface area (TPSA) is 138 Å². The molecule has 9 nitrogen and oxygen atoms in total. The Labute approximate surface area is 246 Å². The monoisotopic (exact) mass is 605 g/mol. The highest BCUT2D eigenvalue weighted by Crippen LogP contribution is 2.47. The molecule has 6 rings (SSSR count). The highest BCUT2D eigenvalue weighted by molar-refractivity contribution is 8.01. The van der Waals surface area contributed by atoms with Crippen molar-refractivity contribution in [3.8, 4) is 6.07 Å². The second-order valence-electron chi connectivity index (χ2n) is 9.05. The maximum Gasteiger partial charge on any atom is 0.236 e. The number of ketones is 1. The zero-order chi connectivity index (χ0) is 27.8. The number of para-hydroxylation sites is 1. The maximum atomic E-state index is 13.3. The predicted molar refractivity (Wildman–Crippen MR) is 158 cm³/mol. The highest BCUT2D eigenvalue weighted by atomic mass is 35.5. The summed E-state index contributed by atoms with van der Waals surface area (Å²) >= 11 is 10.2. The van der Waals surface area contributed by atoms with Gasteiger partial charge in [0.15, 0.2) is 15.3 Å². The van der Waals surface area contributed by atoms with Crippen LogP contribution in [0.4, 0.5) is 10.3 Å². The average molecular weight is 606 g/mol. The molecule has 1 aliphatic heterocycles. The third-order valence-corrected chi connectivity index (χ3v) is 9.78. The van der Waals surface area contributed by atoms with Crippen molar-refractivity contribution in [1.82, 2.24) is 15.2 Å². The van der Waals surface area contributed by atoms with Crippen molar-refractivity contribution < 1.29 is 9.59 Å². The van der Waals surface area contributed by atoms with E-state index in [-0.39, 0.29) is 28.8 Å². The number of aromatic nitrogens is 3. The number of hydrogen-bond acceptors (Lipinski definition) is 11. The first-order valence-corrected chi connectivity index (χ1v) is 15.3. The second kappa shape index (κ2) is 11.0. The molecule has 13 heteroatoms. The molecular formula is C27H20ClN7O2S3. The Kier molecular flexibility index (Phi) is 7.29. The van der Waals surface area contributed by atoms with Crippen molar-refractivity contribution in [2.75, 3.05) is 16.0 Å². The molecule has 0 radical (unpaired) electrons. The summed E-state index contributed by atoms with van der Waals surface area (Å²) in [5, 5.41) is 23.0. The summed E-state index contributed by atoms with van der Waals surface area (Å²) in [5.74, 6) is -0.514. The SMILES string of the molecule is N#CC1=C(N)N(c2nnc(SCC(=O)Nc3nc4ccccc4s3)s2)C2=C(C(=O)CCC2)C1c1cccc(Cl)c1. The Morgan fingerprint density at radius 3 is 2.85 bits per heavy atom. The van der Waals surface area contributed by atoms with Crippen molar-refractivity contribution in [2.45, 2.75) is 29.5 Å². The van der Waals surface area contributed by atoms with E-state index in [9.17, 15) is 14.9 Å². The highest BCUT2D eigenvalue weighted by Gasteiger charge is 2.41. The number of anilines is 2. The quantitative estimate of drug-likeness (QED) is 0.260. The van der Waals surface area contributed by atoms with Gasteiger partial charge in [0, 0.05) is 22.7 Å². The van der Waals surface area contributed by atoms with Gasteiger partial charge < -0.3 is 11.1 Å². The lowest BCUT2D eigenvalue weighted by atomic mass is 9.76. The van der Waals surface area contributed by atoms with Gasteiger partial charge in [-0.1, -0.05) is 70.3 Å². The normalized spacial score (nSPS) is 17.2. The molecule has 0 saturated heterocycles. The van der Waals surface area contributed by atoms with Crippen molar-refractivity contribution >= 4 is 78.2 Å². The van der Waals surface area contributed by atoms with Crippen LogP contribution < -0.4 is 16.0 Å². The summed E-state index contributed by atoms with van der Waals surface area (Å²) in [4.78, 5) is 32.0. The van der Waals surface area contributed by atoms with Crippen LogP contribution >= 0.6 is 46.0 Å². The summed E-state index contributed by atoms with van der Waals surface area (Å²) in [6.07, 6.45) is 1.66. The number of nitrogens with one attached hydrogen (secondary N) is 1. The van der Waals surface area contributed by atoms with Crippen LogP contribution in [0.3, 0.4) is 0 Å². The third-order valence-electron chi connectivity index (χ3n) is 6.55. The third kappa shape index (κ3) is 4.97. The van der Waals surface area contributed by atoms with Crippen LogP contribution in [-0.2, 0) is 9.59 Å². The molecular weight excluding hydrogens is 586 g/mol. The molecule has 40 heavy (non-hydrogen) atoms. The number of Topliss-reactive ketones (excluding diaryl/α,β-unsaturated/α-hetero) is 1. The zero-order valence-electron chi connectivity index (χ0n) is 20.8. The van der Waals surface area contributed by atoms with E-state index < -0.39 is 5.92 Å². The van der Waals surface area contributed by atoms with Gasteiger partial charge in [0.1, 0.15) is 5.82 Å². The number of thioether (sulfide) groups is 1. The van der Waals surface area contributed by atoms with Gasteiger partial charge in [0.2, 0.25) is 11.0 Å². The fourth-order valence-corrected chi connectivity index (χ4v) is 7.65. The van der Waals surface area contributed by atoms with E-state index in [1.54, 1.807) is 23.1 Å². The van der Waals surface area contributed by atoms with E-state index >= 15 is 0 Å². The minimum absolute atomic E-state index is 0.0258. The summed E-state index contributed by atoms with van der Waals surface area (Å²) in [5.41, 5.74) is 9.69. The number of nitriles is 1. The number of rotatable bonds is 6. The Bertz CT molecular complexity index is 1740. The molecule has 1 amide bonds. The van der Waals surface area contributed by atoms with Crippen LogP contribution in [0.2, 0.25) is 5.02 Å². The number of thiazole rings is 1. The number of nitrogens with zero attached hydrogens (tertiary/aromatic N) is 5. The minimum atomic E-state index is -0.601. The Hall–Kier alpha value is -3.76. The number of halogens is 1. The Balaban J connectivity index is 1.25. The molecule has 4 aromatic rings. The fourth-order valence-electron chi connectivity index (χ4n) is 4.88. The number of hydrogen-bond donors (Lipinski definition) is 2. The molecule has 2 aromatic heterocycles. The molecule has 1 aliphatic carbocycles. The second-order valence-corrected chi connectivity index (χ2v) is 12.7. The first-order chi connectivity index (χ1) is 19.4. The van der Waals surface area contributed by atoms with Crippen LogP contribution in [0.5, 0.6) is 0 Å². The standard InChI is InChI=1S/C27H20ClN7O2S3/c28-15-6-3-5-14(11-15)22-16(12-29)24(30)35(18-8-4-9-19(36)23(18)22)26-33-34-27(40-26)38-13-21(37)32-25-31-17-7-1-2-10-20(17)39-25/h1-3,5-7,10-11,22H,4,8-9,13,30H2,(H,31,32,37). The lowest BCUT2D eigenvalue weighted by molar-refractivity contribution is -0.116. The largest absolute Gasteiger partial charge is 0.384 e. The molecule has 200 valence electrons. The van der Waals surface area contributed by atoms with Crippen LogP contribution in [-0.4, -0.2) is 32.6 Å². The van der Waals surface area contributed by atoms with Gasteiger partial charge in [-0.3, -0.25) is 14.5 Å². The van der Waals surface area contributed by atoms with E-state index in [0.29, 0.717) is 44.5 Å². The fraction of sp³-hybridized carbons (Fsp3) is 0.185. The number of allylic oxidation sites excluding steroid dienone is 3. The van der Waals surface area contributed by atoms with Crippen molar-refractivity contribution in [1.29, 1.82) is 5.26 Å². The number of carbonyl (C=O) groups is 2. The van der Waals surface area contributed by atoms with E-state index in [0.717, 1.165) is 21.5 Å². The van der Waals surface area contributed by atoms with Gasteiger partial charge in [-0.05, 0) is 42.7 Å². The molecule has 0 fully saturated rings. The molecule has 0 spiro atoms. The van der Waals surface area contributed by atoms with E-state index in [2.05, 4.69) is 26.6 Å². The lowest BCUT2D eigenvalue weighted by Gasteiger charge is -2.38. The van der Waals surface area contributed by atoms with Crippen LogP contribution in [0.1, 0.15) is 30.7 Å². The number of fused-ring (bicyclic) bond motifs is 1. The molecule has 0 saturated carbocycles. The lowest BCUT2D eigenvalue weighted by Crippen LogP contribution is -2.38. The Morgan fingerprint density at radius 2 is 2.05 bits per heavy atom. The number of carbonyl (C=O) groups excluding carboxylic acids is 2. The molecule has 2 aromatic carbocycles. The first-order valence-electron chi connectivity index (χ1n) is 12.3. The van der Waals surface area contributed by atoms with E-state index in [4.69, 9.17) is 17.3 Å². The van der Waals surface area contributed by atoms with Gasteiger partial charge in [-0.25, -0.2) is 4.98 Å². The van der Waals surface area contributed by atoms with Gasteiger partial charge in [0.05, 0.1) is 33.5 Å². The predicted octanol–water partition coefficient (Wildman–Crippen LogP) is 5.84. The Morgan fingerprint density at radius 1 is 1.20 bits per heavy atom. The molecule has 2 aliphatic rings. The maximum absolute atomic E-state index is 13.3. The summed E-state index contributed by atoms with van der Waals surface area (Å²) in [7, 11) is 0. The number of benzene rings is 2. The van der Waals surface area contributed by atoms with Gasteiger partial charge in [-0.15, -0.1) is 10.2 Å². The first kappa shape index (κ1) is 26.5. The molecule has 0 bridgehead atoms. The summed E-state index contributed by atoms with van der Waals surface area (Å²) in [6.45, 7) is 0. The van der Waals surface area contributed by atoms with Gasteiger partial charge >= 0.3 is 0 Å². The van der Waals surface area contributed by atoms with Crippen molar-refractivity contribution in [2.24, 2.45) is 5.73 Å². The molecule has 1 atom stereocenters. The summed E-state index contributed by atoms with van der Waals surface area (Å²) in [6, 6.07) is 17.1. The van der Waals surface area contributed by atoms with E-state index in [1.165, 1.54) is 34.4 Å². The van der Waals surface area contributed by atoms with Crippen LogP contribution in [0, 0.1) is 11.3 Å². The molecule has 3 N–H and O–H groups in total. The van der Waals surface area contributed by atoms with Crippen LogP contribution in [0.25, 0.3) is 10.2 Å². The van der Waals surface area contributed by atoms with Gasteiger partial charge in [0.25, 0.3) is 0 Å². The van der Waals surface area contributed by atoms with Crippen molar-refractivity contribution in [3.05, 3.63) is 81.8 Å². The zero-order valence-corrected chi connectivity index (χ0v) is 24.0. The van der Waals surface area contributed by atoms with Gasteiger partial charge in [-0.2, -0.15) is 5.26 Å².